The summed E-state index contributed by atoms with van der Waals surface area (Å²) in [6.45, 7) is 8.84. The summed E-state index contributed by atoms with van der Waals surface area (Å²) in [6, 6.07) is 0. The first-order chi connectivity index (χ1) is 8.76. The lowest BCUT2D eigenvalue weighted by Crippen LogP contribution is -2.39. The Kier molecular flexibility index (Phi) is 8.39. The van der Waals surface area contributed by atoms with E-state index in [2.05, 4.69) is 13.8 Å². The largest absolute Gasteiger partial charge is 0.480 e. The number of carbonyl (C=O) groups is 2. The highest BCUT2D eigenvalue weighted by Crippen LogP contribution is 2.16. The molecular formula is C14H28N2O3. The van der Waals surface area contributed by atoms with Crippen LogP contribution in [0.3, 0.4) is 0 Å². The molecule has 1 unspecified atom stereocenters. The second-order valence-electron chi connectivity index (χ2n) is 6.00. The van der Waals surface area contributed by atoms with Crippen LogP contribution < -0.4 is 5.73 Å². The van der Waals surface area contributed by atoms with Gasteiger partial charge in [-0.1, -0.05) is 27.7 Å². The first-order valence-electron chi connectivity index (χ1n) is 6.95. The zero-order chi connectivity index (χ0) is 15.0. The lowest BCUT2D eigenvalue weighted by Gasteiger charge is -2.25. The lowest BCUT2D eigenvalue weighted by molar-refractivity contribution is -0.145. The standard InChI is InChI=1S/C14H28N2O3/c1-10(2)5-12(7-15)6-13(17)16(8-11(3)4)9-14(18)19/h10-12H,5-9,15H2,1-4H3,(H,18,19). The van der Waals surface area contributed by atoms with Gasteiger partial charge in [0.1, 0.15) is 6.54 Å². The monoisotopic (exact) mass is 272 g/mol. The molecule has 3 N–H and O–H groups in total. The van der Waals surface area contributed by atoms with Gasteiger partial charge in [-0.05, 0) is 30.7 Å². The van der Waals surface area contributed by atoms with Crippen molar-refractivity contribution in [1.29, 1.82) is 0 Å². The molecule has 0 aromatic heterocycles. The molecule has 0 radical (unpaired) electrons. The second kappa shape index (κ2) is 8.91. The quantitative estimate of drug-likeness (QED) is 0.667. The zero-order valence-corrected chi connectivity index (χ0v) is 12.6. The Balaban J connectivity index is 4.55. The van der Waals surface area contributed by atoms with E-state index in [-0.39, 0.29) is 24.3 Å². The first kappa shape index (κ1) is 17.9. The molecule has 0 saturated carbocycles. The average molecular weight is 272 g/mol. The van der Waals surface area contributed by atoms with Crippen molar-refractivity contribution in [3.8, 4) is 0 Å². The van der Waals surface area contributed by atoms with E-state index >= 15 is 0 Å². The van der Waals surface area contributed by atoms with Gasteiger partial charge in [-0.25, -0.2) is 0 Å². The van der Waals surface area contributed by atoms with Gasteiger partial charge in [0.2, 0.25) is 5.91 Å². The minimum atomic E-state index is -0.970. The summed E-state index contributed by atoms with van der Waals surface area (Å²) in [5.41, 5.74) is 5.68. The molecule has 1 amide bonds. The Morgan fingerprint density at radius 3 is 2.11 bits per heavy atom. The summed E-state index contributed by atoms with van der Waals surface area (Å²) in [5.74, 6) is -0.200. The molecule has 19 heavy (non-hydrogen) atoms. The molecule has 0 heterocycles. The van der Waals surface area contributed by atoms with E-state index in [1.165, 1.54) is 4.90 Å². The number of carboxylic acid groups (broad SMARTS) is 1. The van der Waals surface area contributed by atoms with Crippen LogP contribution in [-0.4, -0.2) is 41.5 Å². The molecule has 0 saturated heterocycles. The highest BCUT2D eigenvalue weighted by molar-refractivity contribution is 5.81. The number of nitrogens with two attached hydrogens (primary N) is 1. The number of rotatable bonds is 9. The predicted octanol–water partition coefficient (Wildman–Crippen LogP) is 1.57. The van der Waals surface area contributed by atoms with Crippen molar-refractivity contribution < 1.29 is 14.7 Å². The van der Waals surface area contributed by atoms with Crippen LogP contribution in [0.2, 0.25) is 0 Å². The molecule has 0 aliphatic carbocycles. The Labute approximate surface area is 116 Å². The van der Waals surface area contributed by atoms with Crippen LogP contribution in [0.15, 0.2) is 0 Å². The van der Waals surface area contributed by atoms with Gasteiger partial charge in [-0.15, -0.1) is 0 Å². The second-order valence-corrected chi connectivity index (χ2v) is 6.00. The molecule has 0 bridgehead atoms. The van der Waals surface area contributed by atoms with Gasteiger partial charge < -0.3 is 15.7 Å². The van der Waals surface area contributed by atoms with Crippen LogP contribution in [0.5, 0.6) is 0 Å². The topological polar surface area (TPSA) is 83.6 Å². The van der Waals surface area contributed by atoms with Crippen molar-refractivity contribution in [1.82, 2.24) is 4.90 Å². The summed E-state index contributed by atoms with van der Waals surface area (Å²) >= 11 is 0. The van der Waals surface area contributed by atoms with Crippen molar-refractivity contribution >= 4 is 11.9 Å². The molecule has 5 heteroatoms. The molecule has 0 aromatic carbocycles. The Bertz CT molecular complexity index is 290. The van der Waals surface area contributed by atoms with Gasteiger partial charge in [0, 0.05) is 13.0 Å². The maximum absolute atomic E-state index is 12.2. The van der Waals surface area contributed by atoms with Crippen LogP contribution in [0.4, 0.5) is 0 Å². The van der Waals surface area contributed by atoms with E-state index in [9.17, 15) is 9.59 Å². The summed E-state index contributed by atoms with van der Waals surface area (Å²) in [4.78, 5) is 24.4. The van der Waals surface area contributed by atoms with Crippen molar-refractivity contribution in [2.75, 3.05) is 19.6 Å². The SMILES string of the molecule is CC(C)CC(CN)CC(=O)N(CC(=O)O)CC(C)C. The number of aliphatic carboxylic acids is 1. The van der Waals surface area contributed by atoms with E-state index in [0.29, 0.717) is 25.4 Å². The zero-order valence-electron chi connectivity index (χ0n) is 12.6. The fraction of sp³-hybridized carbons (Fsp3) is 0.857. The first-order valence-corrected chi connectivity index (χ1v) is 6.95. The Morgan fingerprint density at radius 2 is 1.74 bits per heavy atom. The summed E-state index contributed by atoms with van der Waals surface area (Å²) in [5, 5.41) is 8.86. The predicted molar refractivity (Wildman–Crippen MR) is 75.7 cm³/mol. The maximum Gasteiger partial charge on any atom is 0.323 e. The molecule has 0 aliphatic heterocycles. The lowest BCUT2D eigenvalue weighted by atomic mass is 9.93. The molecule has 5 nitrogen and oxygen atoms in total. The fourth-order valence-electron chi connectivity index (χ4n) is 2.16. The molecule has 1 atom stereocenters. The Hall–Kier alpha value is -1.10. The molecule has 0 spiro atoms. The minimum Gasteiger partial charge on any atom is -0.480 e. The van der Waals surface area contributed by atoms with Crippen molar-refractivity contribution in [3.05, 3.63) is 0 Å². The molecule has 0 fully saturated rings. The van der Waals surface area contributed by atoms with E-state index in [4.69, 9.17) is 10.8 Å². The van der Waals surface area contributed by atoms with Crippen LogP contribution in [0.1, 0.15) is 40.5 Å². The van der Waals surface area contributed by atoms with Crippen LogP contribution in [-0.2, 0) is 9.59 Å². The van der Waals surface area contributed by atoms with Crippen molar-refractivity contribution in [2.24, 2.45) is 23.5 Å². The van der Waals surface area contributed by atoms with Crippen LogP contribution >= 0.6 is 0 Å². The number of carbonyl (C=O) groups excluding carboxylic acids is 1. The van der Waals surface area contributed by atoms with E-state index in [1.54, 1.807) is 0 Å². The highest BCUT2D eigenvalue weighted by atomic mass is 16.4. The minimum absolute atomic E-state index is 0.104. The van der Waals surface area contributed by atoms with Crippen LogP contribution in [0, 0.1) is 17.8 Å². The molecular weight excluding hydrogens is 244 g/mol. The van der Waals surface area contributed by atoms with Gasteiger partial charge in [-0.3, -0.25) is 9.59 Å². The highest BCUT2D eigenvalue weighted by Gasteiger charge is 2.21. The van der Waals surface area contributed by atoms with Gasteiger partial charge in [0.25, 0.3) is 0 Å². The molecule has 0 aliphatic rings. The number of hydrogen-bond donors (Lipinski definition) is 2. The third-order valence-electron chi connectivity index (χ3n) is 2.87. The normalized spacial score (nSPS) is 12.8. The van der Waals surface area contributed by atoms with Crippen molar-refractivity contribution in [2.45, 2.75) is 40.5 Å². The summed E-state index contributed by atoms with van der Waals surface area (Å²) in [6.07, 6.45) is 1.24. The van der Waals surface area contributed by atoms with E-state index < -0.39 is 5.97 Å². The third kappa shape index (κ3) is 8.59. The third-order valence-corrected chi connectivity index (χ3v) is 2.87. The van der Waals surface area contributed by atoms with Gasteiger partial charge in [0.05, 0.1) is 0 Å². The number of carboxylic acids is 1. The Morgan fingerprint density at radius 1 is 1.16 bits per heavy atom. The van der Waals surface area contributed by atoms with Gasteiger partial charge in [-0.2, -0.15) is 0 Å². The molecule has 0 aromatic rings. The van der Waals surface area contributed by atoms with Crippen LogP contribution in [0.25, 0.3) is 0 Å². The summed E-state index contributed by atoms with van der Waals surface area (Å²) in [7, 11) is 0. The van der Waals surface area contributed by atoms with Crippen molar-refractivity contribution in [3.63, 3.8) is 0 Å². The molecule has 112 valence electrons. The van der Waals surface area contributed by atoms with Gasteiger partial charge in [0.15, 0.2) is 0 Å². The molecule has 0 rings (SSSR count). The summed E-state index contributed by atoms with van der Waals surface area (Å²) < 4.78 is 0. The maximum atomic E-state index is 12.2. The number of hydrogen-bond acceptors (Lipinski definition) is 3. The van der Waals surface area contributed by atoms with E-state index in [0.717, 1.165) is 6.42 Å². The van der Waals surface area contributed by atoms with E-state index in [1.807, 2.05) is 13.8 Å². The smallest absolute Gasteiger partial charge is 0.323 e. The number of nitrogens with zero attached hydrogens (tertiary/aromatic N) is 1. The van der Waals surface area contributed by atoms with Gasteiger partial charge >= 0.3 is 5.97 Å². The fourth-order valence-corrected chi connectivity index (χ4v) is 2.16. The average Bonchev–Trinajstić information content (AvgIpc) is 2.25. The number of amides is 1.